The highest BCUT2D eigenvalue weighted by atomic mass is 16.5. The summed E-state index contributed by atoms with van der Waals surface area (Å²) in [5, 5.41) is 8.96. The average Bonchev–Trinajstić information content (AvgIpc) is 2.52. The lowest BCUT2D eigenvalue weighted by atomic mass is 9.97. The van der Waals surface area contributed by atoms with Gasteiger partial charge in [0.05, 0.1) is 18.6 Å². The Balaban J connectivity index is 1.84. The summed E-state index contributed by atoms with van der Waals surface area (Å²) in [6.07, 6.45) is 1.76. The predicted molar refractivity (Wildman–Crippen MR) is 78.7 cm³/mol. The first-order chi connectivity index (χ1) is 10.1. The number of rotatable bonds is 6. The van der Waals surface area contributed by atoms with Crippen LogP contribution >= 0.6 is 0 Å². The molecule has 0 atom stereocenters. The summed E-state index contributed by atoms with van der Waals surface area (Å²) in [7, 11) is 1.56. The number of Topliss-reactive ketones (excluding diaryl/α,β-unsaturated/α-hetero) is 1. The molecule has 114 valence electrons. The molecule has 1 aromatic rings. The van der Waals surface area contributed by atoms with Gasteiger partial charge in [0.1, 0.15) is 5.75 Å². The minimum Gasteiger partial charge on any atom is -0.496 e. The monoisotopic (exact) mass is 291 g/mol. The summed E-state index contributed by atoms with van der Waals surface area (Å²) in [6.45, 7) is 2.16. The van der Waals surface area contributed by atoms with E-state index in [0.717, 1.165) is 13.1 Å². The number of aliphatic carboxylic acids is 1. The molecule has 5 heteroatoms. The maximum atomic E-state index is 12.2. The second-order valence-electron chi connectivity index (χ2n) is 5.33. The number of ketones is 1. The molecule has 1 aliphatic heterocycles. The van der Waals surface area contributed by atoms with Gasteiger partial charge in [-0.15, -0.1) is 0 Å². The molecule has 0 saturated carbocycles. The van der Waals surface area contributed by atoms with E-state index < -0.39 is 5.97 Å². The fraction of sp³-hybridized carbons (Fsp3) is 0.500. The highest BCUT2D eigenvalue weighted by Gasteiger charge is 2.24. The molecular weight excluding hydrogens is 270 g/mol. The van der Waals surface area contributed by atoms with Crippen LogP contribution in [0.15, 0.2) is 24.3 Å². The van der Waals surface area contributed by atoms with Gasteiger partial charge in [-0.3, -0.25) is 9.59 Å². The van der Waals surface area contributed by atoms with E-state index in [0.29, 0.717) is 37.1 Å². The van der Waals surface area contributed by atoms with Crippen LogP contribution in [0.4, 0.5) is 0 Å². The molecule has 0 amide bonds. The van der Waals surface area contributed by atoms with Crippen molar-refractivity contribution in [3.63, 3.8) is 0 Å². The fourth-order valence-corrected chi connectivity index (χ4v) is 2.67. The average molecular weight is 291 g/mol. The molecule has 0 spiro atoms. The molecule has 0 radical (unpaired) electrons. The fourth-order valence-electron chi connectivity index (χ4n) is 2.67. The van der Waals surface area contributed by atoms with Gasteiger partial charge in [0, 0.05) is 13.0 Å². The molecule has 0 bridgehead atoms. The van der Waals surface area contributed by atoms with E-state index >= 15 is 0 Å². The first kappa shape index (κ1) is 15.5. The van der Waals surface area contributed by atoms with Crippen LogP contribution < -0.4 is 4.74 Å². The zero-order chi connectivity index (χ0) is 15.2. The lowest BCUT2D eigenvalue weighted by Crippen LogP contribution is -2.37. The lowest BCUT2D eigenvalue weighted by Gasteiger charge is -2.29. The van der Waals surface area contributed by atoms with Gasteiger partial charge in [-0.1, -0.05) is 12.1 Å². The highest BCUT2D eigenvalue weighted by Crippen LogP contribution is 2.21. The summed E-state index contributed by atoms with van der Waals surface area (Å²) < 4.78 is 5.20. The second kappa shape index (κ2) is 7.22. The molecule has 1 fully saturated rings. The van der Waals surface area contributed by atoms with Crippen molar-refractivity contribution in [3.8, 4) is 5.75 Å². The summed E-state index contributed by atoms with van der Waals surface area (Å²) in [6, 6.07) is 7.23. The summed E-state index contributed by atoms with van der Waals surface area (Å²) in [5.41, 5.74) is 0.612. The van der Waals surface area contributed by atoms with E-state index in [2.05, 4.69) is 4.90 Å². The number of carbonyl (C=O) groups excluding carboxylic acids is 1. The molecule has 21 heavy (non-hydrogen) atoms. The van der Waals surface area contributed by atoms with Crippen LogP contribution in [0.25, 0.3) is 0 Å². The van der Waals surface area contributed by atoms with Gasteiger partial charge in [0.25, 0.3) is 0 Å². The number of benzene rings is 1. The number of carbonyl (C=O) groups is 2. The van der Waals surface area contributed by atoms with Crippen LogP contribution in [-0.4, -0.2) is 48.5 Å². The van der Waals surface area contributed by atoms with Crippen LogP contribution in [0, 0.1) is 5.92 Å². The van der Waals surface area contributed by atoms with Gasteiger partial charge in [-0.05, 0) is 38.1 Å². The predicted octanol–water partition coefficient (Wildman–Crippen LogP) is 2.06. The number of methoxy groups -OCH3 is 1. The quantitative estimate of drug-likeness (QED) is 0.813. The van der Waals surface area contributed by atoms with Gasteiger partial charge in [0.2, 0.25) is 0 Å². The Labute approximate surface area is 124 Å². The Hall–Kier alpha value is -1.88. The molecule has 1 N–H and O–H groups in total. The third-order valence-electron chi connectivity index (χ3n) is 4.00. The number of para-hydroxylation sites is 1. The summed E-state index contributed by atoms with van der Waals surface area (Å²) in [5.74, 6) is -0.272. The summed E-state index contributed by atoms with van der Waals surface area (Å²) in [4.78, 5) is 25.3. The maximum absolute atomic E-state index is 12.2. The number of likely N-dealkylation sites (tertiary alicyclic amines) is 1. The number of carboxylic acid groups (broad SMARTS) is 1. The third kappa shape index (κ3) is 4.04. The number of nitrogens with zero attached hydrogens (tertiary/aromatic N) is 1. The molecule has 1 heterocycles. The van der Waals surface area contributed by atoms with E-state index in [4.69, 9.17) is 9.84 Å². The topological polar surface area (TPSA) is 66.8 Å². The first-order valence-corrected chi connectivity index (χ1v) is 7.23. The van der Waals surface area contributed by atoms with Crippen molar-refractivity contribution < 1.29 is 19.4 Å². The third-order valence-corrected chi connectivity index (χ3v) is 4.00. The molecule has 0 aromatic heterocycles. The lowest BCUT2D eigenvalue weighted by molar-refractivity contribution is -0.143. The minimum absolute atomic E-state index is 0.0628. The molecule has 1 aromatic carbocycles. The van der Waals surface area contributed by atoms with E-state index in [9.17, 15) is 9.59 Å². The van der Waals surface area contributed by atoms with Crippen LogP contribution in [0.1, 0.15) is 29.6 Å². The van der Waals surface area contributed by atoms with Crippen LogP contribution in [-0.2, 0) is 4.79 Å². The number of carboxylic acids is 1. The molecule has 0 unspecified atom stereocenters. The largest absolute Gasteiger partial charge is 0.496 e. The maximum Gasteiger partial charge on any atom is 0.306 e. The zero-order valence-electron chi connectivity index (χ0n) is 12.2. The Morgan fingerprint density at radius 2 is 1.95 bits per heavy atom. The Kier molecular flexibility index (Phi) is 5.33. The van der Waals surface area contributed by atoms with E-state index in [1.165, 1.54) is 0 Å². The SMILES string of the molecule is COc1ccccc1C(=O)CCN1CCC(C(=O)O)CC1. The number of hydrogen-bond donors (Lipinski definition) is 1. The van der Waals surface area contributed by atoms with Crippen LogP contribution in [0.5, 0.6) is 5.75 Å². The molecule has 5 nitrogen and oxygen atoms in total. The standard InChI is InChI=1S/C16H21NO4/c1-21-15-5-3-2-4-13(15)14(18)8-11-17-9-6-12(7-10-17)16(19)20/h2-5,12H,6-11H2,1H3,(H,19,20). The van der Waals surface area contributed by atoms with Gasteiger partial charge < -0.3 is 14.7 Å². The van der Waals surface area contributed by atoms with Gasteiger partial charge in [-0.2, -0.15) is 0 Å². The van der Waals surface area contributed by atoms with Crippen molar-refractivity contribution >= 4 is 11.8 Å². The van der Waals surface area contributed by atoms with Gasteiger partial charge >= 0.3 is 5.97 Å². The normalized spacial score (nSPS) is 16.6. The van der Waals surface area contributed by atoms with Crippen molar-refractivity contribution in [3.05, 3.63) is 29.8 Å². The van der Waals surface area contributed by atoms with Crippen molar-refractivity contribution in [2.75, 3.05) is 26.7 Å². The number of ether oxygens (including phenoxy) is 1. The Morgan fingerprint density at radius 3 is 2.57 bits per heavy atom. The molecule has 1 aliphatic rings. The minimum atomic E-state index is -0.709. The van der Waals surface area contributed by atoms with Crippen molar-refractivity contribution in [2.45, 2.75) is 19.3 Å². The highest BCUT2D eigenvalue weighted by molar-refractivity contribution is 5.98. The van der Waals surface area contributed by atoms with Crippen LogP contribution in [0.3, 0.4) is 0 Å². The molecule has 2 rings (SSSR count). The van der Waals surface area contributed by atoms with Gasteiger partial charge in [0.15, 0.2) is 5.78 Å². The Morgan fingerprint density at radius 1 is 1.29 bits per heavy atom. The number of hydrogen-bond acceptors (Lipinski definition) is 4. The van der Waals surface area contributed by atoms with E-state index in [-0.39, 0.29) is 11.7 Å². The van der Waals surface area contributed by atoms with E-state index in [1.54, 1.807) is 19.2 Å². The molecule has 1 saturated heterocycles. The van der Waals surface area contributed by atoms with Gasteiger partial charge in [-0.25, -0.2) is 0 Å². The Bertz CT molecular complexity index is 507. The van der Waals surface area contributed by atoms with Crippen LogP contribution in [0.2, 0.25) is 0 Å². The number of piperidine rings is 1. The van der Waals surface area contributed by atoms with Crippen molar-refractivity contribution in [1.82, 2.24) is 4.90 Å². The van der Waals surface area contributed by atoms with Crippen molar-refractivity contribution in [1.29, 1.82) is 0 Å². The van der Waals surface area contributed by atoms with E-state index in [1.807, 2.05) is 12.1 Å². The smallest absolute Gasteiger partial charge is 0.306 e. The summed E-state index contributed by atoms with van der Waals surface area (Å²) >= 11 is 0. The second-order valence-corrected chi connectivity index (χ2v) is 5.33. The first-order valence-electron chi connectivity index (χ1n) is 7.23. The zero-order valence-corrected chi connectivity index (χ0v) is 12.2. The van der Waals surface area contributed by atoms with Crippen molar-refractivity contribution in [2.24, 2.45) is 5.92 Å². The molecule has 0 aliphatic carbocycles. The molecular formula is C16H21NO4.